The van der Waals surface area contributed by atoms with E-state index in [4.69, 9.17) is 5.11 Å². The number of benzene rings is 1. The van der Waals surface area contributed by atoms with E-state index in [1.807, 2.05) is 9.97 Å². The van der Waals surface area contributed by atoms with Crippen molar-refractivity contribution in [1.29, 1.82) is 0 Å². The van der Waals surface area contributed by atoms with Crippen LogP contribution in [-0.2, 0) is 12.8 Å². The van der Waals surface area contributed by atoms with E-state index in [0.29, 0.717) is 5.56 Å². The molecule has 2 rings (SSSR count). The Kier molecular flexibility index (Phi) is 3.97. The van der Waals surface area contributed by atoms with Gasteiger partial charge in [-0.05, 0) is 30.5 Å². The van der Waals surface area contributed by atoms with Gasteiger partial charge in [-0.15, -0.1) is 0 Å². The van der Waals surface area contributed by atoms with Gasteiger partial charge in [-0.2, -0.15) is 0 Å². The first-order valence-electron chi connectivity index (χ1n) is 5.91. The summed E-state index contributed by atoms with van der Waals surface area (Å²) in [5.41, 5.74) is -1.98. The average Bonchev–Trinajstić information content (AvgIpc) is 2.40. The largest absolute Gasteiger partial charge is 0.477 e. The van der Waals surface area contributed by atoms with Gasteiger partial charge in [0.15, 0.2) is 11.6 Å². The maximum Gasteiger partial charge on any atom is 0.352 e. The van der Waals surface area contributed by atoms with Crippen molar-refractivity contribution in [3.63, 3.8) is 0 Å². The predicted octanol–water partition coefficient (Wildman–Crippen LogP) is 0.825. The van der Waals surface area contributed by atoms with Crippen molar-refractivity contribution >= 4 is 5.97 Å². The van der Waals surface area contributed by atoms with E-state index in [9.17, 15) is 23.2 Å². The molecule has 0 bridgehead atoms. The van der Waals surface area contributed by atoms with E-state index in [1.54, 1.807) is 0 Å². The van der Waals surface area contributed by atoms with Crippen LogP contribution in [0.15, 0.2) is 27.8 Å². The fourth-order valence-corrected chi connectivity index (χ4v) is 1.90. The normalized spacial score (nSPS) is 10.6. The molecule has 0 aliphatic carbocycles. The minimum Gasteiger partial charge on any atom is -0.477 e. The number of rotatable bonds is 4. The number of aromatic carboxylic acids is 1. The first kappa shape index (κ1) is 14.6. The Morgan fingerprint density at radius 3 is 2.43 bits per heavy atom. The Morgan fingerprint density at radius 2 is 1.81 bits per heavy atom. The third kappa shape index (κ3) is 3.22. The highest BCUT2D eigenvalue weighted by molar-refractivity contribution is 5.86. The minimum absolute atomic E-state index is 0.0428. The highest BCUT2D eigenvalue weighted by Gasteiger charge is 2.15. The molecule has 0 spiro atoms. The second kappa shape index (κ2) is 5.70. The van der Waals surface area contributed by atoms with E-state index in [0.717, 1.165) is 12.1 Å². The second-order valence-electron chi connectivity index (χ2n) is 4.32. The van der Waals surface area contributed by atoms with Crippen molar-refractivity contribution in [3.05, 3.63) is 67.5 Å². The Labute approximate surface area is 116 Å². The molecular weight excluding hydrogens is 286 g/mol. The van der Waals surface area contributed by atoms with Crippen molar-refractivity contribution in [2.75, 3.05) is 0 Å². The summed E-state index contributed by atoms with van der Waals surface area (Å²) in [6.45, 7) is 0. The Hall–Kier alpha value is -2.77. The molecule has 2 aromatic rings. The number of aromatic amines is 2. The van der Waals surface area contributed by atoms with Gasteiger partial charge in [0.2, 0.25) is 0 Å². The fraction of sp³-hybridized carbons (Fsp3) is 0.154. The molecule has 1 aromatic carbocycles. The van der Waals surface area contributed by atoms with Crippen LogP contribution in [0.1, 0.15) is 21.6 Å². The highest BCUT2D eigenvalue weighted by atomic mass is 19.2. The first-order chi connectivity index (χ1) is 9.88. The molecule has 0 radical (unpaired) electrons. The number of hydrogen-bond donors (Lipinski definition) is 3. The number of carbonyl (C=O) groups is 1. The smallest absolute Gasteiger partial charge is 0.352 e. The quantitative estimate of drug-likeness (QED) is 0.777. The van der Waals surface area contributed by atoms with Crippen LogP contribution >= 0.6 is 0 Å². The van der Waals surface area contributed by atoms with E-state index in [1.165, 1.54) is 6.07 Å². The maximum atomic E-state index is 13.1. The van der Waals surface area contributed by atoms with Gasteiger partial charge in [0.05, 0.1) is 0 Å². The molecule has 0 amide bonds. The zero-order chi connectivity index (χ0) is 15.6. The van der Waals surface area contributed by atoms with Gasteiger partial charge in [0.1, 0.15) is 5.69 Å². The number of nitrogens with one attached hydrogen (secondary N) is 2. The number of carboxylic acid groups (broad SMARTS) is 1. The molecule has 6 nitrogen and oxygen atoms in total. The number of carboxylic acids is 1. The topological polar surface area (TPSA) is 103 Å². The highest BCUT2D eigenvalue weighted by Crippen LogP contribution is 2.11. The van der Waals surface area contributed by atoms with E-state index >= 15 is 0 Å². The van der Waals surface area contributed by atoms with E-state index in [-0.39, 0.29) is 18.4 Å². The molecule has 1 aromatic heterocycles. The molecule has 8 heteroatoms. The number of halogens is 2. The molecule has 0 atom stereocenters. The van der Waals surface area contributed by atoms with Gasteiger partial charge in [-0.25, -0.2) is 18.4 Å². The molecule has 110 valence electrons. The Balaban J connectivity index is 2.31. The zero-order valence-electron chi connectivity index (χ0n) is 10.6. The molecule has 21 heavy (non-hydrogen) atoms. The molecule has 0 saturated heterocycles. The molecule has 0 aliphatic rings. The van der Waals surface area contributed by atoms with Crippen molar-refractivity contribution in [3.8, 4) is 0 Å². The van der Waals surface area contributed by atoms with Crippen LogP contribution in [-0.4, -0.2) is 21.0 Å². The third-order valence-corrected chi connectivity index (χ3v) is 2.90. The van der Waals surface area contributed by atoms with Crippen molar-refractivity contribution in [2.24, 2.45) is 0 Å². The number of aryl methyl sites for hydroxylation is 1. The standard InChI is InChI=1S/C13H10F2N2O4/c14-8-4-2-6(5-9(8)15)1-3-7-10(12(19)20)16-13(21)17-11(7)18/h2,4-5H,1,3H2,(H,19,20)(H2,16,17,18,21). The van der Waals surface area contributed by atoms with Crippen LogP contribution < -0.4 is 11.2 Å². The molecule has 0 fully saturated rings. The van der Waals surface area contributed by atoms with Gasteiger partial charge < -0.3 is 10.1 Å². The average molecular weight is 296 g/mol. The van der Waals surface area contributed by atoms with Gasteiger partial charge in [-0.1, -0.05) is 6.07 Å². The fourth-order valence-electron chi connectivity index (χ4n) is 1.90. The third-order valence-electron chi connectivity index (χ3n) is 2.90. The van der Waals surface area contributed by atoms with Gasteiger partial charge >= 0.3 is 11.7 Å². The van der Waals surface area contributed by atoms with Gasteiger partial charge in [0, 0.05) is 5.56 Å². The minimum atomic E-state index is -1.45. The van der Waals surface area contributed by atoms with E-state index < -0.39 is 34.5 Å². The second-order valence-corrected chi connectivity index (χ2v) is 4.32. The summed E-state index contributed by atoms with van der Waals surface area (Å²) in [4.78, 5) is 37.7. The monoisotopic (exact) mass is 296 g/mol. The molecule has 0 saturated carbocycles. The lowest BCUT2D eigenvalue weighted by molar-refractivity contribution is 0.0688. The predicted molar refractivity (Wildman–Crippen MR) is 68.4 cm³/mol. The SMILES string of the molecule is O=C(O)c1[nH]c(=O)[nH]c(=O)c1CCc1ccc(F)c(F)c1. The van der Waals surface area contributed by atoms with Crippen LogP contribution in [0.2, 0.25) is 0 Å². The summed E-state index contributed by atoms with van der Waals surface area (Å²) >= 11 is 0. The van der Waals surface area contributed by atoms with Crippen LogP contribution in [0.4, 0.5) is 8.78 Å². The summed E-state index contributed by atoms with van der Waals surface area (Å²) in [6, 6.07) is 3.24. The Bertz CT molecular complexity index is 811. The van der Waals surface area contributed by atoms with Gasteiger partial charge in [-0.3, -0.25) is 9.78 Å². The lowest BCUT2D eigenvalue weighted by Crippen LogP contribution is -2.30. The maximum absolute atomic E-state index is 13.1. The molecule has 1 heterocycles. The zero-order valence-corrected chi connectivity index (χ0v) is 10.6. The van der Waals surface area contributed by atoms with Gasteiger partial charge in [0.25, 0.3) is 5.56 Å². The molecular formula is C13H10F2N2O4. The lowest BCUT2D eigenvalue weighted by atomic mass is 10.0. The summed E-state index contributed by atoms with van der Waals surface area (Å²) in [5, 5.41) is 8.96. The van der Waals surface area contributed by atoms with Crippen molar-refractivity contribution < 1.29 is 18.7 Å². The summed E-state index contributed by atoms with van der Waals surface area (Å²) in [7, 11) is 0. The van der Waals surface area contributed by atoms with Crippen molar-refractivity contribution in [1.82, 2.24) is 9.97 Å². The molecule has 3 N–H and O–H groups in total. The van der Waals surface area contributed by atoms with E-state index in [2.05, 4.69) is 0 Å². The van der Waals surface area contributed by atoms with Crippen LogP contribution in [0, 0.1) is 11.6 Å². The summed E-state index contributed by atoms with van der Waals surface area (Å²) < 4.78 is 25.9. The molecule has 0 unspecified atom stereocenters. The number of aromatic nitrogens is 2. The number of hydrogen-bond acceptors (Lipinski definition) is 3. The van der Waals surface area contributed by atoms with Crippen LogP contribution in [0.5, 0.6) is 0 Å². The summed E-state index contributed by atoms with van der Waals surface area (Å²) in [5.74, 6) is -3.47. The van der Waals surface area contributed by atoms with Crippen LogP contribution in [0.25, 0.3) is 0 Å². The lowest BCUT2D eigenvalue weighted by Gasteiger charge is -2.05. The first-order valence-corrected chi connectivity index (χ1v) is 5.91. The summed E-state index contributed by atoms with van der Waals surface area (Å²) in [6.07, 6.45) is 0.0748. The molecule has 0 aliphatic heterocycles. The number of H-pyrrole nitrogens is 2. The van der Waals surface area contributed by atoms with Crippen LogP contribution in [0.3, 0.4) is 0 Å². The van der Waals surface area contributed by atoms with Crippen molar-refractivity contribution in [2.45, 2.75) is 12.8 Å². The Morgan fingerprint density at radius 1 is 1.10 bits per heavy atom.